The van der Waals surface area contributed by atoms with Crippen molar-refractivity contribution in [3.8, 4) is 22.3 Å². The molecule has 4 aromatic carbocycles. The summed E-state index contributed by atoms with van der Waals surface area (Å²) in [4.78, 5) is 41.9. The molecule has 0 radical (unpaired) electrons. The summed E-state index contributed by atoms with van der Waals surface area (Å²) >= 11 is 0. The van der Waals surface area contributed by atoms with Crippen molar-refractivity contribution in [2.45, 2.75) is 27.0 Å². The number of carbonyl (C=O) groups excluding carboxylic acids is 3. The molecule has 3 amide bonds. The Morgan fingerprint density at radius 1 is 0.676 bits per heavy atom. The van der Waals surface area contributed by atoms with Gasteiger partial charge < -0.3 is 10.0 Å². The van der Waals surface area contributed by atoms with Crippen molar-refractivity contribution in [2.24, 2.45) is 0 Å². The molecule has 1 unspecified atom stereocenters. The van der Waals surface area contributed by atoms with E-state index < -0.39 is 6.23 Å². The maximum atomic E-state index is 13.4. The molecule has 6 heteroatoms. The van der Waals surface area contributed by atoms with Gasteiger partial charge in [0.05, 0.1) is 16.7 Å². The minimum Gasteiger partial charge on any atom is -0.369 e. The number of rotatable bonds is 3. The molecule has 0 aromatic heterocycles. The Hall–Kier alpha value is -4.29. The van der Waals surface area contributed by atoms with Crippen LogP contribution in [0.1, 0.15) is 60.9 Å². The van der Waals surface area contributed by atoms with Gasteiger partial charge >= 0.3 is 0 Å². The number of hydrogen-bond acceptors (Lipinski definition) is 4. The van der Waals surface area contributed by atoms with Crippen LogP contribution in [0.25, 0.3) is 33.0 Å². The fourth-order valence-corrected chi connectivity index (χ4v) is 5.86. The highest BCUT2D eigenvalue weighted by molar-refractivity contribution is 6.25. The molecule has 6 nitrogen and oxygen atoms in total. The lowest BCUT2D eigenvalue weighted by Crippen LogP contribution is -2.27. The van der Waals surface area contributed by atoms with E-state index in [1.807, 2.05) is 81.4 Å². The van der Waals surface area contributed by atoms with Crippen LogP contribution in [0, 0.1) is 13.8 Å². The summed E-state index contributed by atoms with van der Waals surface area (Å²) in [6.45, 7) is 6.02. The average molecular weight is 491 g/mol. The molecule has 0 saturated carbocycles. The molecule has 0 spiro atoms. The average Bonchev–Trinajstić information content (AvgIpc) is 3.29. The molecule has 2 aliphatic heterocycles. The Balaban J connectivity index is 1.62. The summed E-state index contributed by atoms with van der Waals surface area (Å²) in [6.07, 6.45) is -0.964. The van der Waals surface area contributed by atoms with E-state index in [2.05, 4.69) is 0 Å². The van der Waals surface area contributed by atoms with Crippen molar-refractivity contribution in [3.05, 3.63) is 94.0 Å². The quantitative estimate of drug-likeness (QED) is 0.386. The van der Waals surface area contributed by atoms with E-state index in [1.165, 1.54) is 16.8 Å². The Morgan fingerprint density at radius 2 is 1.19 bits per heavy atom. The lowest BCUT2D eigenvalue weighted by Gasteiger charge is -2.18. The lowest BCUT2D eigenvalue weighted by molar-refractivity contribution is 0.0200. The zero-order chi connectivity index (χ0) is 26.2. The third-order valence-corrected chi connectivity index (χ3v) is 7.79. The minimum atomic E-state index is -0.964. The van der Waals surface area contributed by atoms with E-state index in [0.717, 1.165) is 38.6 Å². The van der Waals surface area contributed by atoms with Crippen molar-refractivity contribution in [1.29, 1.82) is 0 Å². The number of carbonyl (C=O) groups is 3. The van der Waals surface area contributed by atoms with E-state index >= 15 is 0 Å². The van der Waals surface area contributed by atoms with Crippen molar-refractivity contribution in [1.82, 2.24) is 9.80 Å². The normalized spacial score (nSPS) is 16.7. The zero-order valence-electron chi connectivity index (χ0n) is 21.1. The second-order valence-corrected chi connectivity index (χ2v) is 9.74. The summed E-state index contributed by atoms with van der Waals surface area (Å²) in [7, 11) is 1.51. The van der Waals surface area contributed by atoms with E-state index in [-0.39, 0.29) is 17.7 Å². The summed E-state index contributed by atoms with van der Waals surface area (Å²) in [5, 5.41) is 12.7. The van der Waals surface area contributed by atoms with Gasteiger partial charge in [-0.05, 0) is 64.9 Å². The molecule has 37 heavy (non-hydrogen) atoms. The van der Waals surface area contributed by atoms with Gasteiger partial charge in [-0.1, -0.05) is 60.7 Å². The number of benzene rings is 4. The van der Waals surface area contributed by atoms with Gasteiger partial charge in [0.2, 0.25) is 0 Å². The molecule has 0 aliphatic carbocycles. The first kappa shape index (κ1) is 23.1. The van der Waals surface area contributed by atoms with Crippen LogP contribution >= 0.6 is 0 Å². The number of fused-ring (bicyclic) bond motifs is 3. The highest BCUT2D eigenvalue weighted by atomic mass is 16.3. The van der Waals surface area contributed by atoms with Crippen LogP contribution in [0.4, 0.5) is 0 Å². The van der Waals surface area contributed by atoms with Gasteiger partial charge in [-0.2, -0.15) is 0 Å². The lowest BCUT2D eigenvalue weighted by atomic mass is 9.86. The van der Waals surface area contributed by atoms with Crippen LogP contribution in [0.2, 0.25) is 0 Å². The first-order chi connectivity index (χ1) is 17.8. The SMILES string of the molecule is CCN1C(=O)c2c(-c3ccc(-c4ccc(C)c5c4C(=O)N(C)C5=O)c4ccccc34)ccc(C)c2C1O. The Labute approximate surface area is 214 Å². The van der Waals surface area contributed by atoms with E-state index in [9.17, 15) is 19.5 Å². The molecule has 0 fully saturated rings. The molecule has 6 rings (SSSR count). The van der Waals surface area contributed by atoms with Crippen molar-refractivity contribution in [3.63, 3.8) is 0 Å². The second kappa shape index (κ2) is 8.11. The first-order valence-corrected chi connectivity index (χ1v) is 12.4. The van der Waals surface area contributed by atoms with Gasteiger partial charge in [0.15, 0.2) is 6.23 Å². The maximum absolute atomic E-state index is 13.4. The molecule has 184 valence electrons. The van der Waals surface area contributed by atoms with Crippen LogP contribution in [0.3, 0.4) is 0 Å². The van der Waals surface area contributed by atoms with E-state index in [4.69, 9.17) is 0 Å². The van der Waals surface area contributed by atoms with Crippen LogP contribution in [0.15, 0.2) is 60.7 Å². The molecular weight excluding hydrogens is 464 g/mol. The van der Waals surface area contributed by atoms with Gasteiger partial charge in [-0.3, -0.25) is 19.3 Å². The maximum Gasteiger partial charge on any atom is 0.261 e. The molecule has 1 N–H and O–H groups in total. The summed E-state index contributed by atoms with van der Waals surface area (Å²) < 4.78 is 0. The molecular formula is C31H26N2O4. The number of nitrogens with zero attached hydrogens (tertiary/aromatic N) is 2. The van der Waals surface area contributed by atoms with E-state index in [0.29, 0.717) is 34.4 Å². The fraction of sp³-hybridized carbons (Fsp3) is 0.194. The minimum absolute atomic E-state index is 0.180. The van der Waals surface area contributed by atoms with Crippen molar-refractivity contribution in [2.75, 3.05) is 13.6 Å². The summed E-state index contributed by atoms with van der Waals surface area (Å²) in [5.41, 5.74) is 6.91. The number of aliphatic hydroxyl groups excluding tert-OH is 1. The number of aryl methyl sites for hydroxylation is 2. The van der Waals surface area contributed by atoms with Crippen LogP contribution in [-0.4, -0.2) is 46.2 Å². The highest BCUT2D eigenvalue weighted by Gasteiger charge is 2.39. The molecule has 2 heterocycles. The topological polar surface area (TPSA) is 77.9 Å². The third-order valence-electron chi connectivity index (χ3n) is 7.79. The molecule has 0 saturated heterocycles. The molecule has 0 bridgehead atoms. The van der Waals surface area contributed by atoms with Crippen molar-refractivity contribution >= 4 is 28.5 Å². The second-order valence-electron chi connectivity index (χ2n) is 9.74. The van der Waals surface area contributed by atoms with Crippen LogP contribution in [-0.2, 0) is 0 Å². The number of imide groups is 1. The fourth-order valence-electron chi connectivity index (χ4n) is 5.86. The van der Waals surface area contributed by atoms with Crippen molar-refractivity contribution < 1.29 is 19.5 Å². The summed E-state index contributed by atoms with van der Waals surface area (Å²) in [5.74, 6) is -0.768. The zero-order valence-corrected chi connectivity index (χ0v) is 21.1. The number of hydrogen-bond donors (Lipinski definition) is 1. The summed E-state index contributed by atoms with van der Waals surface area (Å²) in [6, 6.07) is 19.5. The van der Waals surface area contributed by atoms with Gasteiger partial charge in [0.25, 0.3) is 17.7 Å². The van der Waals surface area contributed by atoms with Crippen LogP contribution in [0.5, 0.6) is 0 Å². The first-order valence-electron chi connectivity index (χ1n) is 12.4. The molecule has 4 aromatic rings. The monoisotopic (exact) mass is 490 g/mol. The Bertz CT molecular complexity index is 1690. The Kier molecular flexibility index (Phi) is 5.07. The van der Waals surface area contributed by atoms with Crippen LogP contribution < -0.4 is 0 Å². The van der Waals surface area contributed by atoms with Gasteiger partial charge in [0, 0.05) is 19.2 Å². The van der Waals surface area contributed by atoms with Gasteiger partial charge in [0.1, 0.15) is 0 Å². The third kappa shape index (κ3) is 3.06. The Morgan fingerprint density at radius 3 is 1.78 bits per heavy atom. The van der Waals surface area contributed by atoms with E-state index in [1.54, 1.807) is 0 Å². The molecule has 1 atom stereocenters. The highest BCUT2D eigenvalue weighted by Crippen LogP contribution is 2.44. The number of aliphatic hydroxyl groups is 1. The van der Waals surface area contributed by atoms with Gasteiger partial charge in [-0.25, -0.2) is 0 Å². The largest absolute Gasteiger partial charge is 0.369 e. The predicted octanol–water partition coefficient (Wildman–Crippen LogP) is 5.48. The predicted molar refractivity (Wildman–Crippen MR) is 142 cm³/mol. The molecule has 2 aliphatic rings. The smallest absolute Gasteiger partial charge is 0.261 e. The standard InChI is InChI=1S/C31H26N2O4/c1-5-33-30(36)25-17(3)11-13-23(27(25)31(33)37)21-15-14-20(18-8-6-7-9-19(18)21)22-12-10-16(2)24-26(22)29(35)32(4)28(24)34/h6-15,30,36H,5H2,1-4H3. The number of amides is 3. The van der Waals surface area contributed by atoms with Gasteiger partial charge in [-0.15, -0.1) is 0 Å².